The van der Waals surface area contributed by atoms with E-state index in [1.54, 1.807) is 0 Å². The van der Waals surface area contributed by atoms with E-state index in [-0.39, 0.29) is 16.8 Å². The van der Waals surface area contributed by atoms with Crippen molar-refractivity contribution in [1.29, 1.82) is 0 Å². The number of hydrogen-bond donors (Lipinski definition) is 1. The fourth-order valence-corrected chi connectivity index (χ4v) is 4.57. The third kappa shape index (κ3) is 5.70. The summed E-state index contributed by atoms with van der Waals surface area (Å²) >= 11 is 3.66. The molecule has 0 saturated carbocycles. The number of ether oxygens (including phenoxy) is 2. The molecule has 1 saturated heterocycles. The van der Waals surface area contributed by atoms with E-state index >= 15 is 0 Å². The van der Waals surface area contributed by atoms with Crippen LogP contribution < -0.4 is 0 Å². The maximum Gasteiger partial charge on any atom is 0.163 e. The van der Waals surface area contributed by atoms with Gasteiger partial charge in [0.05, 0.1) is 23.4 Å². The Hall–Kier alpha value is 0.580. The molecule has 1 N–H and O–H groups in total. The lowest BCUT2D eigenvalue weighted by Crippen LogP contribution is -2.25. The summed E-state index contributed by atoms with van der Waals surface area (Å²) in [6.45, 7) is 8.79. The topological polar surface area (TPSA) is 38.7 Å². The van der Waals surface area contributed by atoms with E-state index in [0.717, 1.165) is 24.3 Å². The molecular formula is C13H26O3S2. The van der Waals surface area contributed by atoms with Gasteiger partial charge in [-0.15, -0.1) is 23.5 Å². The molecule has 0 aromatic rings. The van der Waals surface area contributed by atoms with Gasteiger partial charge in [0.25, 0.3) is 0 Å². The Bertz CT molecular complexity index is 230. The zero-order valence-electron chi connectivity index (χ0n) is 11.8. The zero-order valence-corrected chi connectivity index (χ0v) is 13.5. The van der Waals surface area contributed by atoms with Crippen LogP contribution in [0.1, 0.15) is 40.5 Å². The second-order valence-corrected chi connectivity index (χ2v) is 8.01. The average molecular weight is 294 g/mol. The molecule has 18 heavy (non-hydrogen) atoms. The first-order valence-electron chi connectivity index (χ1n) is 6.71. The number of aliphatic hydroxyl groups is 1. The Kier molecular flexibility index (Phi) is 7.39. The molecule has 0 amide bonds. The van der Waals surface area contributed by atoms with Crippen LogP contribution in [0, 0.1) is 0 Å². The van der Waals surface area contributed by atoms with Gasteiger partial charge in [-0.3, -0.25) is 0 Å². The van der Waals surface area contributed by atoms with Gasteiger partial charge in [-0.25, -0.2) is 0 Å². The highest BCUT2D eigenvalue weighted by molar-refractivity contribution is 8.17. The van der Waals surface area contributed by atoms with E-state index in [2.05, 4.69) is 13.8 Å². The molecule has 1 aliphatic rings. The SMILES string of the molecule is CCSC(SCC)[C@@H](O)CC[C@@H]1COC(C)(C)O1. The maximum absolute atomic E-state index is 10.2. The highest BCUT2D eigenvalue weighted by Gasteiger charge is 2.33. The molecule has 0 spiro atoms. The molecule has 2 atom stereocenters. The molecule has 0 radical (unpaired) electrons. The van der Waals surface area contributed by atoms with Gasteiger partial charge in [-0.05, 0) is 38.2 Å². The van der Waals surface area contributed by atoms with Gasteiger partial charge >= 0.3 is 0 Å². The number of aliphatic hydroxyl groups excluding tert-OH is 1. The minimum Gasteiger partial charge on any atom is -0.391 e. The predicted octanol–water partition coefficient (Wildman–Crippen LogP) is 3.11. The summed E-state index contributed by atoms with van der Waals surface area (Å²) < 4.78 is 11.6. The minimum atomic E-state index is -0.453. The Morgan fingerprint density at radius 3 is 2.33 bits per heavy atom. The highest BCUT2D eigenvalue weighted by atomic mass is 32.2. The average Bonchev–Trinajstić information content (AvgIpc) is 2.66. The molecule has 0 bridgehead atoms. The summed E-state index contributed by atoms with van der Waals surface area (Å²) in [4.78, 5) is 0. The highest BCUT2D eigenvalue weighted by Crippen LogP contribution is 2.30. The van der Waals surface area contributed by atoms with Crippen LogP contribution in [0.5, 0.6) is 0 Å². The van der Waals surface area contributed by atoms with Crippen molar-refractivity contribution in [3.63, 3.8) is 0 Å². The van der Waals surface area contributed by atoms with Crippen LogP contribution in [0.25, 0.3) is 0 Å². The van der Waals surface area contributed by atoms with Crippen LogP contribution in [0.2, 0.25) is 0 Å². The predicted molar refractivity (Wildman–Crippen MR) is 80.2 cm³/mol. The molecular weight excluding hydrogens is 268 g/mol. The van der Waals surface area contributed by atoms with E-state index in [1.807, 2.05) is 37.4 Å². The molecule has 0 aromatic heterocycles. The van der Waals surface area contributed by atoms with Crippen LogP contribution in [-0.4, -0.2) is 45.8 Å². The van der Waals surface area contributed by atoms with Crippen molar-refractivity contribution in [2.24, 2.45) is 0 Å². The summed E-state index contributed by atoms with van der Waals surface area (Å²) in [6.07, 6.45) is 1.53. The monoisotopic (exact) mass is 294 g/mol. The fraction of sp³-hybridized carbons (Fsp3) is 1.00. The molecule has 5 heteroatoms. The van der Waals surface area contributed by atoms with Crippen molar-refractivity contribution >= 4 is 23.5 Å². The van der Waals surface area contributed by atoms with Gasteiger partial charge < -0.3 is 14.6 Å². The summed E-state index contributed by atoms with van der Waals surface area (Å²) in [5, 5.41) is 10.2. The van der Waals surface area contributed by atoms with Crippen molar-refractivity contribution < 1.29 is 14.6 Å². The fourth-order valence-electron chi connectivity index (χ4n) is 2.00. The molecule has 1 fully saturated rings. The van der Waals surface area contributed by atoms with Crippen molar-refractivity contribution in [1.82, 2.24) is 0 Å². The Morgan fingerprint density at radius 1 is 1.28 bits per heavy atom. The van der Waals surface area contributed by atoms with Crippen LogP contribution >= 0.6 is 23.5 Å². The van der Waals surface area contributed by atoms with Gasteiger partial charge in [-0.1, -0.05) is 13.8 Å². The van der Waals surface area contributed by atoms with Gasteiger partial charge in [0.2, 0.25) is 0 Å². The Morgan fingerprint density at radius 2 is 1.89 bits per heavy atom. The van der Waals surface area contributed by atoms with Crippen LogP contribution in [0.4, 0.5) is 0 Å². The normalized spacial score (nSPS) is 24.7. The Balaban J connectivity index is 2.28. The van der Waals surface area contributed by atoms with Crippen molar-refractivity contribution in [3.05, 3.63) is 0 Å². The summed E-state index contributed by atoms with van der Waals surface area (Å²) in [7, 11) is 0. The molecule has 3 nitrogen and oxygen atoms in total. The quantitative estimate of drug-likeness (QED) is 0.696. The lowest BCUT2D eigenvalue weighted by molar-refractivity contribution is -0.139. The van der Waals surface area contributed by atoms with E-state index < -0.39 is 5.79 Å². The molecule has 1 rings (SSSR count). The smallest absolute Gasteiger partial charge is 0.163 e. The van der Waals surface area contributed by atoms with Gasteiger partial charge in [0, 0.05) is 0 Å². The van der Waals surface area contributed by atoms with Crippen LogP contribution in [0.15, 0.2) is 0 Å². The van der Waals surface area contributed by atoms with Crippen molar-refractivity contribution in [3.8, 4) is 0 Å². The minimum absolute atomic E-state index is 0.133. The van der Waals surface area contributed by atoms with E-state index in [9.17, 15) is 5.11 Å². The molecule has 1 aliphatic heterocycles. The molecule has 0 aliphatic carbocycles. The number of hydrogen-bond acceptors (Lipinski definition) is 5. The largest absolute Gasteiger partial charge is 0.391 e. The standard InChI is InChI=1S/C13H26O3S2/c1-5-17-12(18-6-2)11(14)8-7-10-9-15-13(3,4)16-10/h10-12,14H,5-9H2,1-4H3/t10-,11+/m1/s1. The van der Waals surface area contributed by atoms with Crippen LogP contribution in [0.3, 0.4) is 0 Å². The van der Waals surface area contributed by atoms with E-state index in [1.165, 1.54) is 0 Å². The van der Waals surface area contributed by atoms with E-state index in [0.29, 0.717) is 6.61 Å². The third-order valence-corrected chi connectivity index (χ3v) is 5.60. The second-order valence-electron chi connectivity index (χ2n) is 4.87. The maximum atomic E-state index is 10.2. The van der Waals surface area contributed by atoms with Gasteiger partial charge in [0.15, 0.2) is 5.79 Å². The summed E-state index contributed by atoms with van der Waals surface area (Å²) in [5.41, 5.74) is 0. The van der Waals surface area contributed by atoms with E-state index in [4.69, 9.17) is 9.47 Å². The summed E-state index contributed by atoms with van der Waals surface area (Å²) in [5.74, 6) is 1.64. The number of rotatable bonds is 8. The first kappa shape index (κ1) is 16.6. The van der Waals surface area contributed by atoms with Crippen LogP contribution in [-0.2, 0) is 9.47 Å². The van der Waals surface area contributed by atoms with Crippen molar-refractivity contribution in [2.45, 2.75) is 63.1 Å². The molecule has 0 unspecified atom stereocenters. The lowest BCUT2D eigenvalue weighted by Gasteiger charge is -2.22. The second kappa shape index (κ2) is 8.00. The third-order valence-electron chi connectivity index (χ3n) is 2.83. The zero-order chi connectivity index (χ0) is 13.6. The molecule has 0 aromatic carbocycles. The molecule has 1 heterocycles. The molecule has 108 valence electrons. The van der Waals surface area contributed by atoms with Crippen molar-refractivity contribution in [2.75, 3.05) is 18.1 Å². The number of thioether (sulfide) groups is 2. The Labute approximate surface area is 119 Å². The lowest BCUT2D eigenvalue weighted by atomic mass is 10.1. The van der Waals surface area contributed by atoms with Gasteiger partial charge in [-0.2, -0.15) is 0 Å². The summed E-state index contributed by atoms with van der Waals surface area (Å²) in [6, 6.07) is 0. The first-order valence-corrected chi connectivity index (χ1v) is 8.81. The van der Waals surface area contributed by atoms with Gasteiger partial charge in [0.1, 0.15) is 0 Å². The first-order chi connectivity index (χ1) is 8.48.